The summed E-state index contributed by atoms with van der Waals surface area (Å²) in [4.78, 5) is 0. The Balaban J connectivity index is 0.902. The van der Waals surface area contributed by atoms with E-state index in [0.29, 0.717) is 0 Å². The third-order valence-corrected chi connectivity index (χ3v) is 23.7. The molecule has 0 heteroatoms. The first kappa shape index (κ1) is 58.8. The minimum atomic E-state index is 1.21. The predicted octanol–water partition coefficient (Wildman–Crippen LogP) is 29.8. The van der Waals surface area contributed by atoms with E-state index in [9.17, 15) is 0 Å². The van der Waals surface area contributed by atoms with Gasteiger partial charge >= 0.3 is 0 Å². The summed E-state index contributed by atoms with van der Waals surface area (Å²) in [5, 5.41) is 24.8. The maximum absolute atomic E-state index is 2.55. The van der Waals surface area contributed by atoms with Crippen LogP contribution in [-0.2, 0) is 0 Å². The molecule has 0 saturated heterocycles. The van der Waals surface area contributed by atoms with Crippen LogP contribution in [0, 0.1) is 0 Å². The standard InChI is InChI=1S/C106H62/c1-5-31-63(32-6-1)91-67-39-13-21-47-75(67)95(76-48-22-14-40-68(76)91)85-57-58-86(96-77-49-23-15-41-69(77)92(64-33-7-2-8-34-64)70-42-16-24-50-78(70)96)100-88-60-62-90-102-89(61-59-87(99(85)100)101(88)102)105-103(97-79-51-25-17-43-71(79)93(65-35-9-3-10-36-65)72-44-18-26-52-80(72)97)83-55-29-30-56-84(83)104(106(90)105)98-81-53-27-19-45-73(81)94(66-37-11-4-12-38-66)74-46-20-28-54-82(74)98/h1-62H. The molecule has 106 heavy (non-hydrogen) atoms. The van der Waals surface area contributed by atoms with Crippen molar-refractivity contribution in [3.63, 3.8) is 0 Å². The molecule has 23 rings (SSSR count). The normalized spacial score (nSPS) is 12.2. The van der Waals surface area contributed by atoms with E-state index in [0.717, 1.165) is 0 Å². The Morgan fingerprint density at radius 2 is 0.236 bits per heavy atom. The molecule has 2 aliphatic rings. The highest BCUT2D eigenvalue weighted by Gasteiger charge is 2.39. The van der Waals surface area contributed by atoms with Gasteiger partial charge in [-0.15, -0.1) is 0 Å². The zero-order valence-corrected chi connectivity index (χ0v) is 57.8. The predicted molar refractivity (Wildman–Crippen MR) is 454 cm³/mol. The van der Waals surface area contributed by atoms with Crippen molar-refractivity contribution in [1.29, 1.82) is 0 Å². The topological polar surface area (TPSA) is 0 Å². The van der Waals surface area contributed by atoms with Gasteiger partial charge in [0, 0.05) is 0 Å². The van der Waals surface area contributed by atoms with Gasteiger partial charge in [-0.25, -0.2) is 0 Å². The highest BCUT2D eigenvalue weighted by Crippen LogP contribution is 2.66. The number of hydrogen-bond acceptors (Lipinski definition) is 0. The van der Waals surface area contributed by atoms with Gasteiger partial charge in [0.1, 0.15) is 0 Å². The molecule has 0 amide bonds. The molecular formula is C106H62. The average molecular weight is 1340 g/mol. The van der Waals surface area contributed by atoms with E-state index in [1.54, 1.807) is 0 Å². The summed E-state index contributed by atoms with van der Waals surface area (Å²) in [7, 11) is 0. The van der Waals surface area contributed by atoms with E-state index in [4.69, 9.17) is 0 Å². The monoisotopic (exact) mass is 1330 g/mol. The van der Waals surface area contributed by atoms with Crippen LogP contribution in [0.15, 0.2) is 376 Å². The summed E-state index contributed by atoms with van der Waals surface area (Å²) in [5.74, 6) is 0. The fraction of sp³-hybridized carbons (Fsp3) is 0. The fourth-order valence-corrected chi connectivity index (χ4v) is 19.7. The van der Waals surface area contributed by atoms with Crippen molar-refractivity contribution in [2.75, 3.05) is 0 Å². The van der Waals surface area contributed by atoms with Gasteiger partial charge in [0.05, 0.1) is 0 Å². The summed E-state index contributed by atoms with van der Waals surface area (Å²) < 4.78 is 0. The molecular weight excluding hydrogens is 1270 g/mol. The van der Waals surface area contributed by atoms with Crippen LogP contribution >= 0.6 is 0 Å². The van der Waals surface area contributed by atoms with Crippen LogP contribution in [0.2, 0.25) is 0 Å². The van der Waals surface area contributed by atoms with Crippen LogP contribution in [-0.4, -0.2) is 0 Å². The number of rotatable bonds is 8. The molecule has 0 unspecified atom stereocenters. The quantitative estimate of drug-likeness (QED) is 0.133. The number of fused-ring (bicyclic) bond motifs is 15. The Morgan fingerprint density at radius 3 is 0.443 bits per heavy atom. The molecule has 0 bridgehead atoms. The van der Waals surface area contributed by atoms with Crippen molar-refractivity contribution in [2.45, 2.75) is 0 Å². The van der Waals surface area contributed by atoms with Crippen LogP contribution < -0.4 is 0 Å². The third kappa shape index (κ3) is 8.18. The molecule has 0 radical (unpaired) electrons. The lowest BCUT2D eigenvalue weighted by molar-refractivity contribution is 1.63. The minimum Gasteiger partial charge on any atom is -0.0622 e. The molecule has 0 saturated carbocycles. The van der Waals surface area contributed by atoms with Gasteiger partial charge in [-0.05, 0) is 241 Å². The maximum atomic E-state index is 2.55. The third-order valence-electron chi connectivity index (χ3n) is 23.7. The van der Waals surface area contributed by atoms with Crippen molar-refractivity contribution in [3.05, 3.63) is 376 Å². The Kier molecular flexibility index (Phi) is 12.7. The van der Waals surface area contributed by atoms with E-state index in [1.807, 2.05) is 0 Å². The van der Waals surface area contributed by atoms with Crippen molar-refractivity contribution in [3.8, 4) is 134 Å². The Labute approximate surface area is 613 Å². The summed E-state index contributed by atoms with van der Waals surface area (Å²) >= 11 is 0. The molecule has 0 heterocycles. The lowest BCUT2D eigenvalue weighted by Crippen LogP contribution is -1.98. The van der Waals surface area contributed by atoms with Gasteiger partial charge in [0.2, 0.25) is 0 Å². The molecule has 486 valence electrons. The first-order valence-electron chi connectivity index (χ1n) is 37.1. The van der Waals surface area contributed by atoms with E-state index in [-0.39, 0.29) is 0 Å². The van der Waals surface area contributed by atoms with Crippen LogP contribution in [0.5, 0.6) is 0 Å². The Bertz CT molecular complexity index is 6720. The van der Waals surface area contributed by atoms with Crippen LogP contribution in [0.1, 0.15) is 0 Å². The minimum absolute atomic E-state index is 1.21. The SMILES string of the molecule is c1ccc(-c2c3ccccc3c(-c3ccc(-c4c5ccccc5c(-c5ccccc5)c5ccccc45)c4c3-c3ccc5c6c(ccc-4c36)-c3c-5c(-c4c5ccccc5c(-c5ccccc5)c5ccccc45)c4ccccc4c3-c3c4ccccc4c(-c4ccccc4)c4ccccc34)c3ccccc23)cc1. The van der Waals surface area contributed by atoms with Gasteiger partial charge in [0.25, 0.3) is 0 Å². The van der Waals surface area contributed by atoms with Crippen molar-refractivity contribution >= 4 is 108 Å². The zero-order chi connectivity index (χ0) is 69.2. The summed E-state index contributed by atoms with van der Waals surface area (Å²) in [5.41, 5.74) is 29.9. The van der Waals surface area contributed by atoms with Crippen LogP contribution in [0.25, 0.3) is 241 Å². The second-order valence-corrected chi connectivity index (χ2v) is 28.9. The van der Waals surface area contributed by atoms with Gasteiger partial charge in [-0.3, -0.25) is 0 Å². The molecule has 0 aromatic heterocycles. The van der Waals surface area contributed by atoms with Gasteiger partial charge in [-0.1, -0.05) is 376 Å². The number of hydrogen-bond donors (Lipinski definition) is 0. The molecule has 0 nitrogen and oxygen atoms in total. The Hall–Kier alpha value is -13.8. The summed E-state index contributed by atoms with van der Waals surface area (Å²) in [6, 6.07) is 143. The number of benzene rings is 21. The lowest BCUT2D eigenvalue weighted by atomic mass is 9.77. The van der Waals surface area contributed by atoms with E-state index in [1.165, 1.54) is 241 Å². The molecule has 2 aliphatic carbocycles. The van der Waals surface area contributed by atoms with Crippen molar-refractivity contribution in [1.82, 2.24) is 0 Å². The summed E-state index contributed by atoms with van der Waals surface area (Å²) in [6.45, 7) is 0. The first-order valence-corrected chi connectivity index (χ1v) is 37.1. The Morgan fingerprint density at radius 1 is 0.0849 bits per heavy atom. The molecule has 0 fully saturated rings. The van der Waals surface area contributed by atoms with E-state index in [2.05, 4.69) is 376 Å². The van der Waals surface area contributed by atoms with Gasteiger partial charge < -0.3 is 0 Å². The second kappa shape index (κ2) is 22.9. The molecule has 0 spiro atoms. The zero-order valence-electron chi connectivity index (χ0n) is 57.8. The first-order chi connectivity index (χ1) is 52.7. The summed E-state index contributed by atoms with van der Waals surface area (Å²) in [6.07, 6.45) is 0. The van der Waals surface area contributed by atoms with Gasteiger partial charge in [-0.2, -0.15) is 0 Å². The van der Waals surface area contributed by atoms with Crippen LogP contribution in [0.4, 0.5) is 0 Å². The smallest absolute Gasteiger partial charge is 0.000695 e. The highest BCUT2D eigenvalue weighted by molar-refractivity contribution is 6.39. The van der Waals surface area contributed by atoms with Crippen molar-refractivity contribution in [2.24, 2.45) is 0 Å². The van der Waals surface area contributed by atoms with Crippen molar-refractivity contribution < 1.29 is 0 Å². The average Bonchev–Trinajstić information content (AvgIpc) is 1.50. The van der Waals surface area contributed by atoms with E-state index >= 15 is 0 Å². The van der Waals surface area contributed by atoms with Gasteiger partial charge in [0.15, 0.2) is 0 Å². The maximum Gasteiger partial charge on any atom is -0.000695 e. The largest absolute Gasteiger partial charge is 0.0622 e. The molecule has 21 aromatic rings. The fourth-order valence-electron chi connectivity index (χ4n) is 19.7. The second-order valence-electron chi connectivity index (χ2n) is 28.9. The molecule has 21 aromatic carbocycles. The molecule has 0 atom stereocenters. The molecule has 0 aliphatic heterocycles. The lowest BCUT2D eigenvalue weighted by Gasteiger charge is -2.25. The van der Waals surface area contributed by atoms with Crippen LogP contribution in [0.3, 0.4) is 0 Å². The molecule has 0 N–H and O–H groups in total. The highest BCUT2D eigenvalue weighted by atomic mass is 14.4. The van der Waals surface area contributed by atoms with E-state index < -0.39 is 0 Å².